The van der Waals surface area contributed by atoms with Crippen molar-refractivity contribution in [2.75, 3.05) is 0 Å². The SMILES string of the molecule is CC(=O)CC(C)=O.[Pd]. The van der Waals surface area contributed by atoms with Crippen molar-refractivity contribution in [1.29, 1.82) is 0 Å². The quantitative estimate of drug-likeness (QED) is 0.489. The van der Waals surface area contributed by atoms with Gasteiger partial charge in [-0.25, -0.2) is 0 Å². The summed E-state index contributed by atoms with van der Waals surface area (Å²) >= 11 is 0. The van der Waals surface area contributed by atoms with Crippen molar-refractivity contribution < 1.29 is 30.0 Å². The summed E-state index contributed by atoms with van der Waals surface area (Å²) < 4.78 is 0. The topological polar surface area (TPSA) is 34.1 Å². The molecule has 0 heterocycles. The summed E-state index contributed by atoms with van der Waals surface area (Å²) in [6.45, 7) is 2.81. The summed E-state index contributed by atoms with van der Waals surface area (Å²) in [7, 11) is 0. The van der Waals surface area contributed by atoms with Crippen LogP contribution in [0.5, 0.6) is 0 Å². The summed E-state index contributed by atoms with van der Waals surface area (Å²) in [4.78, 5) is 20.1. The van der Waals surface area contributed by atoms with Crippen molar-refractivity contribution in [3.05, 3.63) is 0 Å². The van der Waals surface area contributed by atoms with Gasteiger partial charge in [-0.2, -0.15) is 0 Å². The van der Waals surface area contributed by atoms with Crippen LogP contribution in [0.15, 0.2) is 0 Å². The summed E-state index contributed by atoms with van der Waals surface area (Å²) in [5, 5.41) is 0. The van der Waals surface area contributed by atoms with Crippen LogP contribution >= 0.6 is 0 Å². The Kier molecular flexibility index (Phi) is 7.00. The van der Waals surface area contributed by atoms with Gasteiger partial charge in [0.25, 0.3) is 0 Å². The van der Waals surface area contributed by atoms with Crippen LogP contribution in [0.25, 0.3) is 0 Å². The van der Waals surface area contributed by atoms with Gasteiger partial charge in [-0.1, -0.05) is 0 Å². The molecule has 0 fully saturated rings. The Hall–Kier alpha value is 0.00234. The summed E-state index contributed by atoms with van der Waals surface area (Å²) in [6.07, 6.45) is 0.0833. The van der Waals surface area contributed by atoms with E-state index in [4.69, 9.17) is 0 Å². The molecule has 0 aliphatic carbocycles. The molecule has 0 aromatic rings. The third-order valence-electron chi connectivity index (χ3n) is 0.498. The van der Waals surface area contributed by atoms with Crippen LogP contribution in [-0.4, -0.2) is 11.6 Å². The molecular formula is C5H8O2Pd. The summed E-state index contributed by atoms with van der Waals surface area (Å²) in [5.41, 5.74) is 0. The van der Waals surface area contributed by atoms with E-state index in [0.29, 0.717) is 0 Å². The molecule has 0 aliphatic rings. The zero-order valence-corrected chi connectivity index (χ0v) is 6.39. The standard InChI is InChI=1S/C5H8O2.Pd/c1-4(6)3-5(2)7;/h3H2,1-2H3;. The van der Waals surface area contributed by atoms with Crippen LogP contribution in [0.4, 0.5) is 0 Å². The molecule has 3 heteroatoms. The molecule has 0 unspecified atom stereocenters. The number of carbonyl (C=O) groups is 2. The van der Waals surface area contributed by atoms with Crippen molar-refractivity contribution in [1.82, 2.24) is 0 Å². The number of hydrogen-bond donors (Lipinski definition) is 0. The first-order valence-electron chi connectivity index (χ1n) is 2.12. The predicted molar refractivity (Wildman–Crippen MR) is 26.0 cm³/mol. The number of rotatable bonds is 2. The largest absolute Gasteiger partial charge is 0.300 e. The van der Waals surface area contributed by atoms with Gasteiger partial charge < -0.3 is 0 Å². The third kappa shape index (κ3) is 9.38. The monoisotopic (exact) mass is 206 g/mol. The zero-order valence-electron chi connectivity index (χ0n) is 4.84. The third-order valence-corrected chi connectivity index (χ3v) is 0.498. The van der Waals surface area contributed by atoms with Crippen LogP contribution < -0.4 is 0 Å². The van der Waals surface area contributed by atoms with Crippen molar-refractivity contribution in [3.63, 3.8) is 0 Å². The molecule has 0 saturated carbocycles. The second-order valence-electron chi connectivity index (χ2n) is 1.58. The molecule has 0 radical (unpaired) electrons. The predicted octanol–water partition coefficient (Wildman–Crippen LogP) is 0.552. The van der Waals surface area contributed by atoms with E-state index in [0.717, 1.165) is 0 Å². The smallest absolute Gasteiger partial charge is 0.137 e. The minimum absolute atomic E-state index is 0. The summed E-state index contributed by atoms with van der Waals surface area (Å²) in [5.74, 6) is -0.125. The van der Waals surface area contributed by atoms with Gasteiger partial charge in [-0.15, -0.1) is 0 Å². The first kappa shape index (κ1) is 10.9. The van der Waals surface area contributed by atoms with Crippen LogP contribution in [0.3, 0.4) is 0 Å². The number of ketones is 2. The molecule has 0 aromatic carbocycles. The van der Waals surface area contributed by atoms with Crippen LogP contribution in [0, 0.1) is 0 Å². The van der Waals surface area contributed by atoms with E-state index in [1.807, 2.05) is 0 Å². The van der Waals surface area contributed by atoms with Gasteiger partial charge in [-0.3, -0.25) is 9.59 Å². The van der Waals surface area contributed by atoms with E-state index in [9.17, 15) is 9.59 Å². The normalized spacial score (nSPS) is 7.25. The molecule has 50 valence electrons. The Labute approximate surface area is 62.3 Å². The molecule has 0 saturated heterocycles. The van der Waals surface area contributed by atoms with Gasteiger partial charge in [0.1, 0.15) is 11.6 Å². The second-order valence-corrected chi connectivity index (χ2v) is 1.58. The van der Waals surface area contributed by atoms with Gasteiger partial charge in [0.2, 0.25) is 0 Å². The fraction of sp³-hybridized carbons (Fsp3) is 0.600. The minimum atomic E-state index is -0.0625. The van der Waals surface area contributed by atoms with Gasteiger partial charge in [0, 0.05) is 20.4 Å². The maximum absolute atomic E-state index is 10.0. The Morgan fingerprint density at radius 3 is 1.38 bits per heavy atom. The molecule has 0 aromatic heterocycles. The zero-order chi connectivity index (χ0) is 5.86. The van der Waals surface area contributed by atoms with Crippen molar-refractivity contribution >= 4 is 11.6 Å². The van der Waals surface area contributed by atoms with Crippen molar-refractivity contribution in [2.45, 2.75) is 20.3 Å². The Morgan fingerprint density at radius 2 is 1.38 bits per heavy atom. The van der Waals surface area contributed by atoms with Crippen LogP contribution in [-0.2, 0) is 30.0 Å². The van der Waals surface area contributed by atoms with E-state index in [1.54, 1.807) is 0 Å². The van der Waals surface area contributed by atoms with Gasteiger partial charge >= 0.3 is 0 Å². The maximum atomic E-state index is 10.0. The molecule has 2 nitrogen and oxygen atoms in total. The van der Waals surface area contributed by atoms with E-state index in [-0.39, 0.29) is 38.4 Å². The average molecular weight is 207 g/mol. The van der Waals surface area contributed by atoms with Crippen LogP contribution in [0.2, 0.25) is 0 Å². The molecule has 8 heavy (non-hydrogen) atoms. The maximum Gasteiger partial charge on any atom is 0.137 e. The number of hydrogen-bond acceptors (Lipinski definition) is 2. The van der Waals surface area contributed by atoms with Gasteiger partial charge in [0.15, 0.2) is 0 Å². The van der Waals surface area contributed by atoms with E-state index < -0.39 is 0 Å². The van der Waals surface area contributed by atoms with Crippen LogP contribution in [0.1, 0.15) is 20.3 Å². The van der Waals surface area contributed by atoms with Gasteiger partial charge in [-0.05, 0) is 13.8 Å². The molecule has 0 amide bonds. The minimum Gasteiger partial charge on any atom is -0.300 e. The second kappa shape index (κ2) is 5.15. The van der Waals surface area contributed by atoms with E-state index in [1.165, 1.54) is 13.8 Å². The Balaban J connectivity index is 0. The molecule has 0 aliphatic heterocycles. The van der Waals surface area contributed by atoms with Gasteiger partial charge in [0.05, 0.1) is 6.42 Å². The Bertz CT molecular complexity index is 86.6. The first-order chi connectivity index (χ1) is 3.13. The number of Topliss-reactive ketones (excluding diaryl/α,β-unsaturated/α-hetero) is 2. The summed E-state index contributed by atoms with van der Waals surface area (Å²) in [6, 6.07) is 0. The van der Waals surface area contributed by atoms with Crippen molar-refractivity contribution in [2.24, 2.45) is 0 Å². The molecular weight excluding hydrogens is 198 g/mol. The average Bonchev–Trinajstić information content (AvgIpc) is 1.27. The first-order valence-corrected chi connectivity index (χ1v) is 2.12. The Morgan fingerprint density at radius 1 is 1.12 bits per heavy atom. The fourth-order valence-corrected chi connectivity index (χ4v) is 0.351. The molecule has 0 atom stereocenters. The molecule has 0 N–H and O–H groups in total. The van der Waals surface area contributed by atoms with Crippen molar-refractivity contribution in [3.8, 4) is 0 Å². The molecule has 0 spiro atoms. The fourth-order valence-electron chi connectivity index (χ4n) is 0.351. The molecule has 0 bridgehead atoms. The van der Waals surface area contributed by atoms with E-state index in [2.05, 4.69) is 0 Å². The number of carbonyl (C=O) groups excluding carboxylic acids is 2. The van der Waals surface area contributed by atoms with E-state index >= 15 is 0 Å². The molecule has 0 rings (SSSR count).